The van der Waals surface area contributed by atoms with Crippen LogP contribution in [0.2, 0.25) is 19.1 Å². The number of aliphatic carboxylic acids is 1. The van der Waals surface area contributed by atoms with Gasteiger partial charge in [0.15, 0.2) is 6.10 Å². The third-order valence-electron chi connectivity index (χ3n) is 3.13. The SMILES string of the molecule is CC(C)(C)C(O)C(=O)[N+]1=C(C(=O)O)C[Si](C)(C)C1. The molecule has 18 heavy (non-hydrogen) atoms. The minimum atomic E-state index is -1.72. The van der Waals surface area contributed by atoms with E-state index in [0.29, 0.717) is 12.2 Å². The third kappa shape index (κ3) is 3.05. The van der Waals surface area contributed by atoms with Crippen LogP contribution in [0.4, 0.5) is 0 Å². The van der Waals surface area contributed by atoms with Gasteiger partial charge < -0.3 is 10.2 Å². The second-order valence-electron chi connectivity index (χ2n) is 6.79. The minimum Gasteiger partial charge on any atom is -0.474 e. The Hall–Kier alpha value is -1.01. The lowest BCUT2D eigenvalue weighted by Gasteiger charge is -2.21. The topological polar surface area (TPSA) is 77.6 Å². The Morgan fingerprint density at radius 2 is 1.83 bits per heavy atom. The molecule has 0 bridgehead atoms. The maximum Gasteiger partial charge on any atom is 0.416 e. The zero-order valence-electron chi connectivity index (χ0n) is 11.6. The summed E-state index contributed by atoms with van der Waals surface area (Å²) in [5.41, 5.74) is -0.449. The summed E-state index contributed by atoms with van der Waals surface area (Å²) in [5, 5.41) is 19.2. The number of aliphatic hydroxyl groups is 1. The fourth-order valence-electron chi connectivity index (χ4n) is 2.05. The van der Waals surface area contributed by atoms with Crippen LogP contribution in [0.25, 0.3) is 0 Å². The number of hydrogen-bond donors (Lipinski definition) is 2. The van der Waals surface area contributed by atoms with Gasteiger partial charge in [0.1, 0.15) is 14.2 Å². The highest BCUT2D eigenvalue weighted by Gasteiger charge is 2.49. The minimum absolute atomic E-state index is 0.139. The van der Waals surface area contributed by atoms with Gasteiger partial charge in [-0.15, -0.1) is 0 Å². The molecule has 5 nitrogen and oxygen atoms in total. The molecule has 0 saturated heterocycles. The molecule has 0 aromatic rings. The second-order valence-corrected chi connectivity index (χ2v) is 11.8. The molecule has 1 amide bonds. The Balaban J connectivity index is 3.10. The third-order valence-corrected chi connectivity index (χ3v) is 5.59. The Kier molecular flexibility index (Phi) is 3.83. The molecule has 1 heterocycles. The predicted molar refractivity (Wildman–Crippen MR) is 70.5 cm³/mol. The van der Waals surface area contributed by atoms with Crippen LogP contribution in [0.1, 0.15) is 20.8 Å². The van der Waals surface area contributed by atoms with Crippen molar-refractivity contribution in [3.05, 3.63) is 0 Å². The summed E-state index contributed by atoms with van der Waals surface area (Å²) in [6.45, 7) is 9.37. The van der Waals surface area contributed by atoms with Crippen LogP contribution in [-0.2, 0) is 9.59 Å². The summed E-state index contributed by atoms with van der Waals surface area (Å²) in [5.74, 6) is -1.54. The van der Waals surface area contributed by atoms with Crippen molar-refractivity contribution < 1.29 is 24.4 Å². The maximum absolute atomic E-state index is 12.2. The molecule has 6 heteroatoms. The van der Waals surface area contributed by atoms with Crippen LogP contribution < -0.4 is 0 Å². The highest BCUT2D eigenvalue weighted by atomic mass is 28.3. The largest absolute Gasteiger partial charge is 0.474 e. The first-order valence-corrected chi connectivity index (χ1v) is 9.46. The van der Waals surface area contributed by atoms with Crippen LogP contribution in [0, 0.1) is 5.41 Å². The molecule has 1 aliphatic rings. The Morgan fingerprint density at radius 1 is 1.33 bits per heavy atom. The Bertz CT molecular complexity index is 420. The summed E-state index contributed by atoms with van der Waals surface area (Å²) >= 11 is 0. The van der Waals surface area contributed by atoms with E-state index in [9.17, 15) is 14.7 Å². The van der Waals surface area contributed by atoms with E-state index in [-0.39, 0.29) is 5.71 Å². The maximum atomic E-state index is 12.2. The normalized spacial score (nSPS) is 21.0. The average molecular weight is 272 g/mol. The molecule has 1 unspecified atom stereocenters. The van der Waals surface area contributed by atoms with Gasteiger partial charge in [-0.3, -0.25) is 0 Å². The second kappa shape index (κ2) is 4.58. The van der Waals surface area contributed by atoms with Crippen LogP contribution in [-0.4, -0.2) is 52.7 Å². The lowest BCUT2D eigenvalue weighted by Crippen LogP contribution is -2.44. The van der Waals surface area contributed by atoms with E-state index in [1.165, 1.54) is 4.58 Å². The molecular weight excluding hydrogens is 250 g/mol. The summed E-state index contributed by atoms with van der Waals surface area (Å²) in [7, 11) is -1.72. The van der Waals surface area contributed by atoms with E-state index in [1.807, 2.05) is 13.1 Å². The summed E-state index contributed by atoms with van der Waals surface area (Å²) < 4.78 is 1.28. The molecular formula is C12H22NO4Si+. The molecule has 1 atom stereocenters. The van der Waals surface area contributed by atoms with Gasteiger partial charge in [-0.25, -0.2) is 9.59 Å². The molecule has 2 N–H and O–H groups in total. The van der Waals surface area contributed by atoms with Crippen molar-refractivity contribution in [2.24, 2.45) is 5.41 Å². The molecule has 0 spiro atoms. The molecule has 0 aromatic carbocycles. The fraction of sp³-hybridized carbons (Fsp3) is 0.750. The van der Waals surface area contributed by atoms with Crippen LogP contribution in [0.3, 0.4) is 0 Å². The predicted octanol–water partition coefficient (Wildman–Crippen LogP) is 0.719. The molecule has 0 aromatic heterocycles. The molecule has 0 fully saturated rings. The van der Waals surface area contributed by atoms with Crippen molar-refractivity contribution in [3.63, 3.8) is 0 Å². The van der Waals surface area contributed by atoms with Gasteiger partial charge in [0.05, 0.1) is 0 Å². The van der Waals surface area contributed by atoms with Crippen LogP contribution >= 0.6 is 0 Å². The van der Waals surface area contributed by atoms with E-state index >= 15 is 0 Å². The van der Waals surface area contributed by atoms with Crippen molar-refractivity contribution in [2.75, 3.05) is 6.17 Å². The molecule has 102 valence electrons. The Labute approximate surface area is 108 Å². The fourth-order valence-corrected chi connectivity index (χ4v) is 4.61. The zero-order valence-corrected chi connectivity index (χ0v) is 12.6. The summed E-state index contributed by atoms with van der Waals surface area (Å²) in [4.78, 5) is 23.4. The molecule has 1 rings (SSSR count). The number of aliphatic hydroxyl groups excluding tert-OH is 1. The zero-order chi connectivity index (χ0) is 14.3. The van der Waals surface area contributed by atoms with Gasteiger partial charge in [-0.2, -0.15) is 4.58 Å². The van der Waals surface area contributed by atoms with Gasteiger partial charge >= 0.3 is 11.9 Å². The first-order valence-electron chi connectivity index (χ1n) is 6.04. The standard InChI is InChI=1S/C12H21NO4Si/c1-12(2,3)9(14)10(15)13-7-18(4,5)6-8(13)11(16)17/h9,14H,6-7H2,1-5H3/p+1. The number of nitrogens with zero attached hydrogens (tertiary/aromatic N) is 1. The number of carbonyl (C=O) groups excluding carboxylic acids is 1. The van der Waals surface area contributed by atoms with Gasteiger partial charge in [0.2, 0.25) is 0 Å². The van der Waals surface area contributed by atoms with Crippen molar-refractivity contribution in [1.29, 1.82) is 0 Å². The quantitative estimate of drug-likeness (QED) is 0.573. The average Bonchev–Trinajstić information content (AvgIpc) is 2.51. The lowest BCUT2D eigenvalue weighted by atomic mass is 9.88. The van der Waals surface area contributed by atoms with E-state index in [4.69, 9.17) is 5.11 Å². The van der Waals surface area contributed by atoms with E-state index in [2.05, 4.69) is 0 Å². The summed E-state index contributed by atoms with van der Waals surface area (Å²) in [6, 6.07) is 0.477. The number of rotatable bonds is 2. The number of carboxylic acids is 1. The first-order chi connectivity index (χ1) is 7.96. The van der Waals surface area contributed by atoms with Crippen molar-refractivity contribution >= 4 is 25.7 Å². The number of amides is 1. The summed E-state index contributed by atoms with van der Waals surface area (Å²) in [6.07, 6.45) is -0.699. The number of carboxylic acid groups (broad SMARTS) is 1. The van der Waals surface area contributed by atoms with Crippen molar-refractivity contribution in [3.8, 4) is 0 Å². The van der Waals surface area contributed by atoms with E-state index < -0.39 is 31.5 Å². The highest BCUT2D eigenvalue weighted by molar-refractivity contribution is 6.83. The van der Waals surface area contributed by atoms with Crippen molar-refractivity contribution in [1.82, 2.24) is 0 Å². The number of hydrogen-bond acceptors (Lipinski definition) is 3. The van der Waals surface area contributed by atoms with Crippen LogP contribution in [0.5, 0.6) is 0 Å². The molecule has 0 saturated carbocycles. The van der Waals surface area contributed by atoms with Gasteiger partial charge in [-0.1, -0.05) is 33.9 Å². The van der Waals surface area contributed by atoms with Gasteiger partial charge in [-0.05, 0) is 0 Å². The smallest absolute Gasteiger partial charge is 0.416 e. The number of carbonyl (C=O) groups is 2. The van der Waals surface area contributed by atoms with Crippen LogP contribution in [0.15, 0.2) is 0 Å². The van der Waals surface area contributed by atoms with E-state index in [1.54, 1.807) is 20.8 Å². The molecule has 0 aliphatic carbocycles. The lowest BCUT2D eigenvalue weighted by molar-refractivity contribution is -0.437. The Morgan fingerprint density at radius 3 is 2.22 bits per heavy atom. The molecule has 1 aliphatic heterocycles. The first kappa shape index (κ1) is 15.0. The van der Waals surface area contributed by atoms with Gasteiger partial charge in [0.25, 0.3) is 5.71 Å². The monoisotopic (exact) mass is 272 g/mol. The highest BCUT2D eigenvalue weighted by Crippen LogP contribution is 2.24. The molecule has 0 radical (unpaired) electrons. The van der Waals surface area contributed by atoms with Gasteiger partial charge in [0, 0.05) is 11.5 Å². The van der Waals surface area contributed by atoms with E-state index in [0.717, 1.165) is 0 Å². The van der Waals surface area contributed by atoms with Crippen molar-refractivity contribution in [2.45, 2.75) is 46.0 Å².